The van der Waals surface area contributed by atoms with Crippen molar-refractivity contribution in [3.05, 3.63) is 53.1 Å². The molecule has 1 N–H and O–H groups in total. The number of benzene rings is 1. The molecule has 0 aliphatic heterocycles. The first-order chi connectivity index (χ1) is 12.6. The Hall–Kier alpha value is -3.29. The molecule has 0 saturated heterocycles. The van der Waals surface area contributed by atoms with Gasteiger partial charge in [0.25, 0.3) is 0 Å². The Morgan fingerprint density at radius 2 is 1.88 bits per heavy atom. The second kappa shape index (κ2) is 6.21. The van der Waals surface area contributed by atoms with Crippen molar-refractivity contribution >= 4 is 17.0 Å². The van der Waals surface area contributed by atoms with Crippen molar-refractivity contribution in [2.24, 2.45) is 7.05 Å². The average molecular weight is 348 g/mol. The monoisotopic (exact) mass is 348 g/mol. The second-order valence-corrected chi connectivity index (χ2v) is 6.31. The van der Waals surface area contributed by atoms with Gasteiger partial charge in [0.2, 0.25) is 0 Å². The van der Waals surface area contributed by atoms with E-state index in [0.29, 0.717) is 23.5 Å². The van der Waals surface area contributed by atoms with E-state index in [-0.39, 0.29) is 0 Å². The van der Waals surface area contributed by atoms with Gasteiger partial charge in [0.15, 0.2) is 17.0 Å². The molecule has 0 amide bonds. The van der Waals surface area contributed by atoms with E-state index < -0.39 is 0 Å². The van der Waals surface area contributed by atoms with Gasteiger partial charge in [0, 0.05) is 24.8 Å². The molecule has 0 aliphatic rings. The van der Waals surface area contributed by atoms with Gasteiger partial charge in [-0.25, -0.2) is 19.3 Å². The quantitative estimate of drug-likeness (QED) is 0.610. The van der Waals surface area contributed by atoms with Gasteiger partial charge in [-0.3, -0.25) is 0 Å². The molecular formula is C18H20N8. The van der Waals surface area contributed by atoms with Crippen molar-refractivity contribution in [3.8, 4) is 5.69 Å². The zero-order valence-corrected chi connectivity index (χ0v) is 15.2. The van der Waals surface area contributed by atoms with Crippen LogP contribution in [0.1, 0.15) is 22.5 Å². The Bertz CT molecular complexity index is 1090. The van der Waals surface area contributed by atoms with Gasteiger partial charge in [-0.15, -0.1) is 5.10 Å². The van der Waals surface area contributed by atoms with Gasteiger partial charge in [-0.05, 0) is 32.4 Å². The van der Waals surface area contributed by atoms with Gasteiger partial charge >= 0.3 is 0 Å². The number of fused-ring (bicyclic) bond motifs is 1. The van der Waals surface area contributed by atoms with E-state index in [2.05, 4.69) is 51.6 Å². The van der Waals surface area contributed by atoms with Gasteiger partial charge in [-0.1, -0.05) is 23.4 Å². The minimum atomic E-state index is 0.603. The number of aromatic nitrogens is 7. The molecule has 0 atom stereocenters. The van der Waals surface area contributed by atoms with Crippen LogP contribution in [0.5, 0.6) is 0 Å². The van der Waals surface area contributed by atoms with Crippen LogP contribution in [0, 0.1) is 20.8 Å². The fraction of sp³-hybridized carbons (Fsp3) is 0.278. The Morgan fingerprint density at radius 3 is 2.69 bits per heavy atom. The molecule has 132 valence electrons. The van der Waals surface area contributed by atoms with E-state index >= 15 is 0 Å². The van der Waals surface area contributed by atoms with Crippen molar-refractivity contribution < 1.29 is 0 Å². The van der Waals surface area contributed by atoms with Crippen LogP contribution >= 0.6 is 0 Å². The summed E-state index contributed by atoms with van der Waals surface area (Å²) in [5.74, 6) is 0.672. The number of nitrogens with one attached hydrogen (secondary N) is 1. The number of anilines is 1. The number of aryl methyl sites for hydroxylation is 3. The predicted molar refractivity (Wildman–Crippen MR) is 99.2 cm³/mol. The standard InChI is InChI=1S/C18H20N8/c1-11-7-5-6-8-15(11)26-13(3)14(12(2)23-26)9-19-17-16-18(21-10-20-17)25(4)24-22-16/h5-8,10H,9H2,1-4H3,(H,19,20,21). The van der Waals surface area contributed by atoms with Crippen LogP contribution in [-0.4, -0.2) is 34.7 Å². The number of para-hydroxylation sites is 1. The molecule has 0 unspecified atom stereocenters. The van der Waals surface area contributed by atoms with Crippen molar-refractivity contribution in [3.63, 3.8) is 0 Å². The molecule has 0 spiro atoms. The summed E-state index contributed by atoms with van der Waals surface area (Å²) in [5.41, 5.74) is 6.89. The van der Waals surface area contributed by atoms with Gasteiger partial charge < -0.3 is 5.32 Å². The molecule has 4 aromatic rings. The lowest BCUT2D eigenvalue weighted by Gasteiger charge is -2.09. The van der Waals surface area contributed by atoms with Crippen LogP contribution in [0.3, 0.4) is 0 Å². The molecule has 8 heteroatoms. The summed E-state index contributed by atoms with van der Waals surface area (Å²) >= 11 is 0. The normalized spacial score (nSPS) is 11.2. The van der Waals surface area contributed by atoms with E-state index in [1.54, 1.807) is 4.68 Å². The molecule has 0 aliphatic carbocycles. The van der Waals surface area contributed by atoms with Crippen molar-refractivity contribution in [1.82, 2.24) is 34.7 Å². The van der Waals surface area contributed by atoms with Crippen LogP contribution in [0.15, 0.2) is 30.6 Å². The van der Waals surface area contributed by atoms with E-state index in [9.17, 15) is 0 Å². The summed E-state index contributed by atoms with van der Waals surface area (Å²) in [6.07, 6.45) is 1.52. The maximum absolute atomic E-state index is 4.73. The highest BCUT2D eigenvalue weighted by Gasteiger charge is 2.15. The summed E-state index contributed by atoms with van der Waals surface area (Å²) in [6.45, 7) is 6.81. The molecule has 0 saturated carbocycles. The van der Waals surface area contributed by atoms with Crippen LogP contribution in [0.2, 0.25) is 0 Å². The SMILES string of the molecule is Cc1ccccc1-n1nc(C)c(CNc2ncnc3c2nnn3C)c1C. The third kappa shape index (κ3) is 2.59. The van der Waals surface area contributed by atoms with Crippen molar-refractivity contribution in [1.29, 1.82) is 0 Å². The first kappa shape index (κ1) is 16.2. The molecule has 0 fully saturated rings. The highest BCUT2D eigenvalue weighted by Crippen LogP contribution is 2.22. The topological polar surface area (TPSA) is 86.3 Å². The van der Waals surface area contributed by atoms with Crippen LogP contribution in [0.25, 0.3) is 16.9 Å². The summed E-state index contributed by atoms with van der Waals surface area (Å²) in [4.78, 5) is 8.52. The molecule has 1 aromatic carbocycles. The van der Waals surface area contributed by atoms with E-state index in [4.69, 9.17) is 5.10 Å². The number of hydrogen-bond donors (Lipinski definition) is 1. The predicted octanol–water partition coefficient (Wildman–Crippen LogP) is 2.48. The minimum absolute atomic E-state index is 0.603. The maximum Gasteiger partial charge on any atom is 0.183 e. The molecule has 3 heterocycles. The minimum Gasteiger partial charge on any atom is -0.364 e. The number of rotatable bonds is 4. The Morgan fingerprint density at radius 1 is 1.08 bits per heavy atom. The summed E-state index contributed by atoms with van der Waals surface area (Å²) in [7, 11) is 1.81. The van der Waals surface area contributed by atoms with Crippen LogP contribution in [0.4, 0.5) is 5.82 Å². The highest BCUT2D eigenvalue weighted by molar-refractivity contribution is 5.81. The fourth-order valence-corrected chi connectivity index (χ4v) is 3.12. The third-order valence-electron chi connectivity index (χ3n) is 4.61. The molecule has 3 aromatic heterocycles. The second-order valence-electron chi connectivity index (χ2n) is 6.31. The molecule has 26 heavy (non-hydrogen) atoms. The van der Waals surface area contributed by atoms with E-state index in [1.165, 1.54) is 11.9 Å². The van der Waals surface area contributed by atoms with Gasteiger partial charge in [-0.2, -0.15) is 5.10 Å². The fourth-order valence-electron chi connectivity index (χ4n) is 3.12. The van der Waals surface area contributed by atoms with Gasteiger partial charge in [0.1, 0.15) is 6.33 Å². The molecular weight excluding hydrogens is 328 g/mol. The maximum atomic E-state index is 4.73. The van der Waals surface area contributed by atoms with Crippen LogP contribution < -0.4 is 5.32 Å². The first-order valence-corrected chi connectivity index (χ1v) is 8.41. The smallest absolute Gasteiger partial charge is 0.183 e. The lowest BCUT2D eigenvalue weighted by Crippen LogP contribution is -2.06. The van der Waals surface area contributed by atoms with Crippen molar-refractivity contribution in [2.75, 3.05) is 5.32 Å². The Kier molecular flexibility index (Phi) is 3.87. The zero-order valence-electron chi connectivity index (χ0n) is 15.2. The molecule has 0 radical (unpaired) electrons. The van der Waals surface area contributed by atoms with Crippen LogP contribution in [-0.2, 0) is 13.6 Å². The molecule has 8 nitrogen and oxygen atoms in total. The Labute approximate surface area is 150 Å². The summed E-state index contributed by atoms with van der Waals surface area (Å²) in [6, 6.07) is 8.24. The zero-order chi connectivity index (χ0) is 18.3. The number of nitrogens with zero attached hydrogens (tertiary/aromatic N) is 7. The highest BCUT2D eigenvalue weighted by atomic mass is 15.4. The summed E-state index contributed by atoms with van der Waals surface area (Å²) in [5, 5.41) is 16.2. The van der Waals surface area contributed by atoms with Gasteiger partial charge in [0.05, 0.1) is 11.4 Å². The third-order valence-corrected chi connectivity index (χ3v) is 4.61. The lowest BCUT2D eigenvalue weighted by molar-refractivity contribution is 0.729. The van der Waals surface area contributed by atoms with Crippen molar-refractivity contribution in [2.45, 2.75) is 27.3 Å². The van der Waals surface area contributed by atoms with E-state index in [0.717, 1.165) is 22.6 Å². The lowest BCUT2D eigenvalue weighted by atomic mass is 10.1. The largest absolute Gasteiger partial charge is 0.364 e. The molecule has 4 rings (SSSR count). The number of hydrogen-bond acceptors (Lipinski definition) is 6. The first-order valence-electron chi connectivity index (χ1n) is 8.41. The summed E-state index contributed by atoms with van der Waals surface area (Å²) < 4.78 is 3.63. The Balaban J connectivity index is 1.66. The molecule has 0 bridgehead atoms. The van der Waals surface area contributed by atoms with E-state index in [1.807, 2.05) is 30.8 Å². The average Bonchev–Trinajstić information content (AvgIpc) is 3.15.